The highest BCUT2D eigenvalue weighted by Crippen LogP contribution is 2.21. The SMILES string of the molecule is C[N+](C)([O-])[C@@H](Cc1c[nH]c2ccccc12)C(=O)O. The van der Waals surface area contributed by atoms with Crippen LogP contribution in [0, 0.1) is 5.21 Å². The molecule has 0 saturated carbocycles. The molecule has 0 bridgehead atoms. The van der Waals surface area contributed by atoms with Gasteiger partial charge in [0.25, 0.3) is 0 Å². The van der Waals surface area contributed by atoms with Crippen molar-refractivity contribution < 1.29 is 14.5 Å². The van der Waals surface area contributed by atoms with Gasteiger partial charge in [-0.15, -0.1) is 0 Å². The van der Waals surface area contributed by atoms with Crippen LogP contribution in [0.5, 0.6) is 0 Å². The quantitative estimate of drug-likeness (QED) is 0.639. The van der Waals surface area contributed by atoms with Crippen molar-refractivity contribution in [2.45, 2.75) is 12.5 Å². The van der Waals surface area contributed by atoms with Gasteiger partial charge in [-0.25, -0.2) is 4.79 Å². The molecule has 0 fully saturated rings. The van der Waals surface area contributed by atoms with Crippen LogP contribution in [0.15, 0.2) is 30.5 Å². The molecule has 1 aromatic heterocycles. The molecule has 1 atom stereocenters. The fourth-order valence-electron chi connectivity index (χ4n) is 2.08. The molecule has 0 aliphatic rings. The first-order valence-corrected chi connectivity index (χ1v) is 5.72. The van der Waals surface area contributed by atoms with Crippen molar-refractivity contribution in [3.8, 4) is 0 Å². The van der Waals surface area contributed by atoms with Gasteiger partial charge < -0.3 is 19.9 Å². The Hall–Kier alpha value is -1.85. The Morgan fingerprint density at radius 2 is 2.11 bits per heavy atom. The lowest BCUT2D eigenvalue weighted by molar-refractivity contribution is -0.857. The lowest BCUT2D eigenvalue weighted by atomic mass is 10.0. The second kappa shape index (κ2) is 4.44. The molecule has 2 aromatic rings. The molecule has 5 nitrogen and oxygen atoms in total. The Labute approximate surface area is 105 Å². The van der Waals surface area contributed by atoms with Crippen molar-refractivity contribution in [2.24, 2.45) is 0 Å². The number of nitrogens with one attached hydrogen (secondary N) is 1. The summed E-state index contributed by atoms with van der Waals surface area (Å²) in [7, 11) is 2.71. The highest BCUT2D eigenvalue weighted by atomic mass is 16.5. The number of para-hydroxylation sites is 1. The number of nitrogens with zero attached hydrogens (tertiary/aromatic N) is 1. The van der Waals surface area contributed by atoms with E-state index >= 15 is 0 Å². The van der Waals surface area contributed by atoms with Gasteiger partial charge in [-0.05, 0) is 11.6 Å². The normalized spacial score (nSPS) is 13.7. The first-order chi connectivity index (χ1) is 8.39. The summed E-state index contributed by atoms with van der Waals surface area (Å²) in [5, 5.41) is 22.0. The molecule has 5 heteroatoms. The van der Waals surface area contributed by atoms with E-state index in [1.165, 1.54) is 14.1 Å². The third kappa shape index (κ3) is 2.37. The van der Waals surface area contributed by atoms with Crippen LogP contribution in [0.2, 0.25) is 0 Å². The van der Waals surface area contributed by atoms with Gasteiger partial charge in [0.1, 0.15) is 0 Å². The molecule has 0 amide bonds. The van der Waals surface area contributed by atoms with Gasteiger partial charge in [0.15, 0.2) is 6.04 Å². The molecule has 0 aliphatic carbocycles. The summed E-state index contributed by atoms with van der Waals surface area (Å²) >= 11 is 0. The average molecular weight is 248 g/mol. The summed E-state index contributed by atoms with van der Waals surface area (Å²) in [5.74, 6) is -1.07. The molecule has 0 radical (unpaired) electrons. The van der Waals surface area contributed by atoms with Crippen molar-refractivity contribution >= 4 is 16.9 Å². The molecule has 1 aromatic carbocycles. The van der Waals surface area contributed by atoms with E-state index in [0.717, 1.165) is 16.5 Å². The number of likely N-dealkylation sites (N-methyl/N-ethyl adjacent to an activating group) is 1. The van der Waals surface area contributed by atoms with Crippen molar-refractivity contribution in [3.05, 3.63) is 41.2 Å². The molecule has 18 heavy (non-hydrogen) atoms. The Morgan fingerprint density at radius 3 is 2.72 bits per heavy atom. The zero-order valence-electron chi connectivity index (χ0n) is 10.4. The highest BCUT2D eigenvalue weighted by Gasteiger charge is 2.29. The number of carboxylic acids is 1. The predicted octanol–water partition coefficient (Wildman–Crippen LogP) is 1.74. The molecule has 0 spiro atoms. The van der Waals surface area contributed by atoms with Gasteiger partial charge in [0, 0.05) is 23.5 Å². The number of carboxylic acid groups (broad SMARTS) is 1. The van der Waals surface area contributed by atoms with Gasteiger partial charge in [-0.2, -0.15) is 0 Å². The maximum absolute atomic E-state index is 11.9. The van der Waals surface area contributed by atoms with E-state index in [2.05, 4.69) is 4.98 Å². The summed E-state index contributed by atoms with van der Waals surface area (Å²) in [6.07, 6.45) is 1.99. The summed E-state index contributed by atoms with van der Waals surface area (Å²) in [5.41, 5.74) is 1.81. The van der Waals surface area contributed by atoms with Crippen molar-refractivity contribution in [1.29, 1.82) is 0 Å². The van der Waals surface area contributed by atoms with Gasteiger partial charge >= 0.3 is 5.97 Å². The van der Waals surface area contributed by atoms with Crippen LogP contribution in [0.3, 0.4) is 0 Å². The lowest BCUT2D eigenvalue weighted by Crippen LogP contribution is -2.49. The number of fused-ring (bicyclic) bond motifs is 1. The van der Waals surface area contributed by atoms with Crippen LogP contribution in [0.1, 0.15) is 5.56 Å². The van der Waals surface area contributed by atoms with E-state index in [1.54, 1.807) is 6.20 Å². The van der Waals surface area contributed by atoms with E-state index < -0.39 is 16.7 Å². The predicted molar refractivity (Wildman–Crippen MR) is 68.9 cm³/mol. The maximum atomic E-state index is 11.9. The number of carbonyl (C=O) groups is 1. The number of hydroxylamine groups is 3. The number of aromatic nitrogens is 1. The number of hydrogen-bond acceptors (Lipinski definition) is 2. The highest BCUT2D eigenvalue weighted by molar-refractivity contribution is 5.84. The number of H-pyrrole nitrogens is 1. The van der Waals surface area contributed by atoms with E-state index in [9.17, 15) is 10.0 Å². The first-order valence-electron chi connectivity index (χ1n) is 5.72. The fourth-order valence-corrected chi connectivity index (χ4v) is 2.08. The minimum Gasteiger partial charge on any atom is -0.633 e. The Balaban J connectivity index is 2.35. The average Bonchev–Trinajstić information content (AvgIpc) is 2.67. The van der Waals surface area contributed by atoms with Crippen molar-refractivity contribution in [2.75, 3.05) is 14.1 Å². The van der Waals surface area contributed by atoms with E-state index in [1.807, 2.05) is 24.3 Å². The first kappa shape index (κ1) is 12.6. The third-order valence-electron chi connectivity index (χ3n) is 3.12. The molecular weight excluding hydrogens is 232 g/mol. The Bertz CT molecular complexity index is 569. The van der Waals surface area contributed by atoms with Crippen LogP contribution >= 0.6 is 0 Å². The monoisotopic (exact) mass is 248 g/mol. The van der Waals surface area contributed by atoms with Crippen LogP contribution in [-0.4, -0.2) is 40.8 Å². The summed E-state index contributed by atoms with van der Waals surface area (Å²) < 4.78 is -0.838. The third-order valence-corrected chi connectivity index (χ3v) is 3.12. The van der Waals surface area contributed by atoms with Crippen LogP contribution in [0.4, 0.5) is 0 Å². The fraction of sp³-hybridized carbons (Fsp3) is 0.308. The van der Waals surface area contributed by atoms with Gasteiger partial charge in [0.2, 0.25) is 0 Å². The topological polar surface area (TPSA) is 76.1 Å². The van der Waals surface area contributed by atoms with E-state index in [4.69, 9.17) is 5.11 Å². The van der Waals surface area contributed by atoms with Crippen LogP contribution in [-0.2, 0) is 11.2 Å². The maximum Gasteiger partial charge on any atom is 0.363 e. The zero-order valence-corrected chi connectivity index (χ0v) is 10.4. The lowest BCUT2D eigenvalue weighted by Gasteiger charge is -2.39. The number of aromatic amines is 1. The molecule has 1 heterocycles. The molecule has 96 valence electrons. The number of benzene rings is 1. The molecular formula is C13H16N2O3. The summed E-state index contributed by atoms with van der Waals surface area (Å²) in [6.45, 7) is 0. The Kier molecular flexibility index (Phi) is 3.11. The second-order valence-corrected chi connectivity index (χ2v) is 4.85. The van der Waals surface area contributed by atoms with Crippen LogP contribution < -0.4 is 0 Å². The minimum atomic E-state index is -1.07. The molecule has 2 rings (SSSR count). The largest absolute Gasteiger partial charge is 0.633 e. The second-order valence-electron chi connectivity index (χ2n) is 4.85. The van der Waals surface area contributed by atoms with Gasteiger partial charge in [-0.1, -0.05) is 18.2 Å². The van der Waals surface area contributed by atoms with Crippen molar-refractivity contribution in [3.63, 3.8) is 0 Å². The van der Waals surface area contributed by atoms with Crippen LogP contribution in [0.25, 0.3) is 10.9 Å². The molecule has 2 N–H and O–H groups in total. The zero-order chi connectivity index (χ0) is 13.3. The van der Waals surface area contributed by atoms with Gasteiger partial charge in [-0.3, -0.25) is 0 Å². The van der Waals surface area contributed by atoms with Gasteiger partial charge in [0.05, 0.1) is 14.1 Å². The van der Waals surface area contributed by atoms with E-state index in [0.29, 0.717) is 0 Å². The summed E-state index contributed by atoms with van der Waals surface area (Å²) in [4.78, 5) is 14.3. The summed E-state index contributed by atoms with van der Waals surface area (Å²) in [6, 6.07) is 6.65. The minimum absolute atomic E-state index is 0.218. The standard InChI is InChI=1S/C13H16N2O3/c1-15(2,18)12(13(16)17)7-9-8-14-11-6-4-3-5-10(9)11/h3-6,8,12,14H,7H2,1-2H3,(H,16,17)/t12-/m0/s1. The molecule has 0 saturated heterocycles. The molecule has 0 unspecified atom stereocenters. The van der Waals surface area contributed by atoms with Crippen molar-refractivity contribution in [1.82, 2.24) is 4.98 Å². The molecule has 0 aliphatic heterocycles. The van der Waals surface area contributed by atoms with E-state index in [-0.39, 0.29) is 6.42 Å². The Morgan fingerprint density at radius 1 is 1.44 bits per heavy atom. The number of rotatable bonds is 4. The smallest absolute Gasteiger partial charge is 0.363 e. The number of hydrogen-bond donors (Lipinski definition) is 2. The number of quaternary nitrogens is 1. The number of aliphatic carboxylic acids is 1.